The van der Waals surface area contributed by atoms with Crippen LogP contribution in [-0.2, 0) is 11.2 Å². The van der Waals surface area contributed by atoms with Gasteiger partial charge in [-0.2, -0.15) is 0 Å². The van der Waals surface area contributed by atoms with Crippen LogP contribution in [0.2, 0.25) is 0 Å². The van der Waals surface area contributed by atoms with Crippen LogP contribution in [0.5, 0.6) is 5.75 Å². The summed E-state index contributed by atoms with van der Waals surface area (Å²) in [6.07, 6.45) is 0.935. The summed E-state index contributed by atoms with van der Waals surface area (Å²) in [5, 5.41) is 18.1. The zero-order valence-electron chi connectivity index (χ0n) is 13.7. The van der Waals surface area contributed by atoms with Crippen molar-refractivity contribution in [1.82, 2.24) is 5.32 Å². The van der Waals surface area contributed by atoms with Crippen LogP contribution in [0.25, 0.3) is 0 Å². The van der Waals surface area contributed by atoms with E-state index in [2.05, 4.69) is 20.7 Å². The number of rotatable bonds is 3. The molecule has 3 amide bonds. The van der Waals surface area contributed by atoms with Gasteiger partial charge >= 0.3 is 12.1 Å². The van der Waals surface area contributed by atoms with Crippen LogP contribution in [0.1, 0.15) is 23.6 Å². The molecule has 2 aromatic rings. The molecule has 1 atom stereocenters. The Morgan fingerprint density at radius 2 is 1.76 bits per heavy atom. The van der Waals surface area contributed by atoms with Gasteiger partial charge in [0, 0.05) is 11.4 Å². The quantitative estimate of drug-likeness (QED) is 0.687. The molecule has 0 bridgehead atoms. The first kappa shape index (κ1) is 16.6. The summed E-state index contributed by atoms with van der Waals surface area (Å²) in [4.78, 5) is 23.3. The van der Waals surface area contributed by atoms with Gasteiger partial charge in [0.2, 0.25) is 0 Å². The fourth-order valence-electron chi connectivity index (χ4n) is 2.92. The molecule has 7 heteroatoms. The molecule has 3 rings (SSSR count). The molecule has 0 heterocycles. The number of aromatic hydroxyl groups is 1. The molecule has 0 fully saturated rings. The second kappa shape index (κ2) is 7.12. The summed E-state index contributed by atoms with van der Waals surface area (Å²) in [6.45, 7) is 0. The number of fused-ring (bicyclic) bond motifs is 1. The number of hydrogen-bond donors (Lipinski definition) is 4. The Morgan fingerprint density at radius 1 is 1.08 bits per heavy atom. The van der Waals surface area contributed by atoms with E-state index in [4.69, 9.17) is 0 Å². The number of anilines is 2. The maximum atomic E-state index is 12.2. The zero-order chi connectivity index (χ0) is 17.8. The van der Waals surface area contributed by atoms with Crippen LogP contribution in [-0.4, -0.2) is 24.3 Å². The lowest BCUT2D eigenvalue weighted by molar-refractivity contribution is 0.187. The van der Waals surface area contributed by atoms with Crippen LogP contribution < -0.4 is 16.0 Å². The first-order chi connectivity index (χ1) is 12.1. The van der Waals surface area contributed by atoms with E-state index < -0.39 is 6.09 Å². The lowest BCUT2D eigenvalue weighted by Crippen LogP contribution is -2.31. The molecule has 0 spiro atoms. The second-order valence-electron chi connectivity index (χ2n) is 5.73. The van der Waals surface area contributed by atoms with Crippen molar-refractivity contribution in [3.8, 4) is 5.75 Å². The number of methoxy groups -OCH3 is 1. The van der Waals surface area contributed by atoms with Gasteiger partial charge in [0.05, 0.1) is 13.2 Å². The van der Waals surface area contributed by atoms with Crippen molar-refractivity contribution in [2.75, 3.05) is 17.7 Å². The fraction of sp³-hybridized carbons (Fsp3) is 0.222. The van der Waals surface area contributed by atoms with Crippen LogP contribution >= 0.6 is 0 Å². The van der Waals surface area contributed by atoms with Crippen LogP contribution in [0.15, 0.2) is 42.5 Å². The van der Waals surface area contributed by atoms with Crippen LogP contribution in [0.3, 0.4) is 0 Å². The molecule has 2 aromatic carbocycles. The van der Waals surface area contributed by atoms with Gasteiger partial charge in [-0.1, -0.05) is 12.1 Å². The number of hydrogen-bond acceptors (Lipinski definition) is 4. The van der Waals surface area contributed by atoms with E-state index >= 15 is 0 Å². The van der Waals surface area contributed by atoms with Gasteiger partial charge in [-0.05, 0) is 54.3 Å². The van der Waals surface area contributed by atoms with Crippen LogP contribution in [0.4, 0.5) is 21.0 Å². The fourth-order valence-corrected chi connectivity index (χ4v) is 2.92. The topological polar surface area (TPSA) is 99.7 Å². The van der Waals surface area contributed by atoms with Gasteiger partial charge in [-0.3, -0.25) is 5.32 Å². The molecular formula is C18H19N3O4. The lowest BCUT2D eigenvalue weighted by atomic mass is 10.1. The third kappa shape index (κ3) is 3.82. The molecule has 1 aliphatic rings. The first-order valence-corrected chi connectivity index (χ1v) is 7.90. The number of carbonyl (C=O) groups excluding carboxylic acids is 2. The summed E-state index contributed by atoms with van der Waals surface area (Å²) in [6, 6.07) is 11.6. The predicted molar refractivity (Wildman–Crippen MR) is 93.8 cm³/mol. The Kier molecular flexibility index (Phi) is 4.74. The highest BCUT2D eigenvalue weighted by Crippen LogP contribution is 2.36. The summed E-state index contributed by atoms with van der Waals surface area (Å²) >= 11 is 0. The van der Waals surface area contributed by atoms with Crippen molar-refractivity contribution in [2.45, 2.75) is 18.9 Å². The molecule has 1 aliphatic carbocycles. The molecule has 0 aliphatic heterocycles. The minimum Gasteiger partial charge on any atom is -0.508 e. The highest BCUT2D eigenvalue weighted by atomic mass is 16.5. The molecule has 0 aromatic heterocycles. The van der Waals surface area contributed by atoms with Gasteiger partial charge in [0.1, 0.15) is 5.75 Å². The number of ether oxygens (including phenoxy) is 1. The molecule has 0 radical (unpaired) electrons. The molecule has 25 heavy (non-hydrogen) atoms. The predicted octanol–water partition coefficient (Wildman–Crippen LogP) is 3.38. The molecule has 0 unspecified atom stereocenters. The molecule has 130 valence electrons. The molecule has 4 N–H and O–H groups in total. The van der Waals surface area contributed by atoms with E-state index in [9.17, 15) is 14.7 Å². The Hall–Kier alpha value is -3.22. The lowest BCUT2D eigenvalue weighted by Gasteiger charge is -2.15. The Bertz CT molecular complexity index is 789. The van der Waals surface area contributed by atoms with E-state index in [1.165, 1.54) is 7.11 Å². The van der Waals surface area contributed by atoms with E-state index in [-0.39, 0.29) is 17.8 Å². The van der Waals surface area contributed by atoms with Crippen molar-refractivity contribution >= 4 is 23.5 Å². The van der Waals surface area contributed by atoms with Crippen molar-refractivity contribution in [3.63, 3.8) is 0 Å². The summed E-state index contributed by atoms with van der Waals surface area (Å²) in [5.74, 6) is 0.274. The average Bonchev–Trinajstić information content (AvgIpc) is 3.01. The maximum Gasteiger partial charge on any atom is 0.411 e. The summed E-state index contributed by atoms with van der Waals surface area (Å²) in [5.41, 5.74) is 3.01. The van der Waals surface area contributed by atoms with Crippen molar-refractivity contribution < 1.29 is 19.4 Å². The highest BCUT2D eigenvalue weighted by Gasteiger charge is 2.25. The van der Waals surface area contributed by atoms with Crippen molar-refractivity contribution in [2.24, 2.45) is 0 Å². The van der Waals surface area contributed by atoms with Crippen molar-refractivity contribution in [1.29, 1.82) is 0 Å². The molecular weight excluding hydrogens is 322 g/mol. The van der Waals surface area contributed by atoms with Gasteiger partial charge in [-0.15, -0.1) is 0 Å². The Balaban J connectivity index is 1.59. The second-order valence-corrected chi connectivity index (χ2v) is 5.73. The normalized spacial score (nSPS) is 15.2. The largest absolute Gasteiger partial charge is 0.508 e. The minimum absolute atomic E-state index is 0.123. The molecule has 0 saturated carbocycles. The highest BCUT2D eigenvalue weighted by molar-refractivity contribution is 5.90. The van der Waals surface area contributed by atoms with Crippen LogP contribution in [0, 0.1) is 0 Å². The minimum atomic E-state index is -0.554. The van der Waals surface area contributed by atoms with E-state index in [0.717, 1.165) is 24.0 Å². The van der Waals surface area contributed by atoms with E-state index in [0.29, 0.717) is 11.4 Å². The molecule has 0 saturated heterocycles. The number of nitrogens with one attached hydrogen (secondary N) is 3. The van der Waals surface area contributed by atoms with Crippen molar-refractivity contribution in [3.05, 3.63) is 53.6 Å². The van der Waals surface area contributed by atoms with Gasteiger partial charge < -0.3 is 20.5 Å². The van der Waals surface area contributed by atoms with Gasteiger partial charge in [0.15, 0.2) is 0 Å². The first-order valence-electron chi connectivity index (χ1n) is 7.90. The number of phenolic OH excluding ortho intramolecular Hbond substituents is 1. The third-order valence-electron chi connectivity index (χ3n) is 4.13. The van der Waals surface area contributed by atoms with Gasteiger partial charge in [0.25, 0.3) is 0 Å². The zero-order valence-corrected chi connectivity index (χ0v) is 13.7. The smallest absolute Gasteiger partial charge is 0.411 e. The van der Waals surface area contributed by atoms with E-state index in [1.807, 2.05) is 6.07 Å². The number of benzene rings is 2. The molecule has 7 nitrogen and oxygen atoms in total. The maximum absolute atomic E-state index is 12.2. The monoisotopic (exact) mass is 341 g/mol. The number of carbonyl (C=O) groups is 2. The average molecular weight is 341 g/mol. The summed E-state index contributed by atoms with van der Waals surface area (Å²) in [7, 11) is 1.29. The Labute approximate surface area is 145 Å². The van der Waals surface area contributed by atoms with E-state index in [1.54, 1.807) is 36.4 Å². The summed E-state index contributed by atoms with van der Waals surface area (Å²) < 4.78 is 4.51. The standard InChI is InChI=1S/C18H19N3O4/c1-25-18(24)20-12-7-5-11(6-8-12)19-17(23)21-15-10-9-14-13(15)3-2-4-16(14)22/h2-8,15,22H,9-10H2,1H3,(H,20,24)(H2,19,21,23)/t15-/m1/s1. The number of phenols is 1. The third-order valence-corrected chi connectivity index (χ3v) is 4.13. The Morgan fingerprint density at radius 3 is 2.44 bits per heavy atom. The number of urea groups is 1. The SMILES string of the molecule is COC(=O)Nc1ccc(NC(=O)N[C@@H]2CCc3c(O)cccc32)cc1. The van der Waals surface area contributed by atoms with Gasteiger partial charge in [-0.25, -0.2) is 9.59 Å². The number of amides is 3.